The summed E-state index contributed by atoms with van der Waals surface area (Å²) in [5, 5.41) is 9.85. The molecule has 3 heteroatoms. The van der Waals surface area contributed by atoms with Crippen molar-refractivity contribution in [1.82, 2.24) is 9.55 Å². The number of nitrogens with zero attached hydrogens (tertiary/aromatic N) is 2. The molecule has 1 fully saturated rings. The molecule has 1 N–H and O–H groups in total. The molecular formula is C11H18N2O. The number of aromatic nitrogens is 2. The van der Waals surface area contributed by atoms with Crippen molar-refractivity contribution in [3.63, 3.8) is 0 Å². The molecule has 0 bridgehead atoms. The first-order valence-corrected chi connectivity index (χ1v) is 5.26. The van der Waals surface area contributed by atoms with Gasteiger partial charge in [-0.25, -0.2) is 4.98 Å². The number of aryl methyl sites for hydroxylation is 1. The Bertz CT molecular complexity index is 337. The maximum Gasteiger partial charge on any atom is 0.0952 e. The number of imidazole rings is 1. The van der Waals surface area contributed by atoms with Crippen LogP contribution in [0, 0.1) is 6.92 Å². The molecule has 1 aliphatic carbocycles. The summed E-state index contributed by atoms with van der Waals surface area (Å²) in [6, 6.07) is 0. The van der Waals surface area contributed by atoms with Crippen LogP contribution in [0.2, 0.25) is 0 Å². The molecule has 78 valence electrons. The van der Waals surface area contributed by atoms with Crippen molar-refractivity contribution >= 4 is 0 Å². The third-order valence-corrected chi connectivity index (χ3v) is 2.91. The van der Waals surface area contributed by atoms with Gasteiger partial charge in [-0.1, -0.05) is 13.8 Å². The molecule has 0 atom stereocenters. The molecule has 0 spiro atoms. The van der Waals surface area contributed by atoms with Gasteiger partial charge in [0.2, 0.25) is 0 Å². The second kappa shape index (κ2) is 3.09. The van der Waals surface area contributed by atoms with Crippen LogP contribution < -0.4 is 0 Å². The second-order valence-corrected chi connectivity index (χ2v) is 4.72. The van der Waals surface area contributed by atoms with E-state index in [0.29, 0.717) is 12.5 Å². The molecule has 1 heterocycles. The van der Waals surface area contributed by atoms with Crippen LogP contribution in [0.5, 0.6) is 0 Å². The fourth-order valence-corrected chi connectivity index (χ4v) is 1.99. The maximum absolute atomic E-state index is 9.85. The Kier molecular flexibility index (Phi) is 2.14. The Morgan fingerprint density at radius 1 is 1.57 bits per heavy atom. The lowest BCUT2D eigenvalue weighted by Gasteiger charge is -2.14. The Morgan fingerprint density at radius 3 is 2.71 bits per heavy atom. The van der Waals surface area contributed by atoms with Crippen molar-refractivity contribution in [1.29, 1.82) is 0 Å². The minimum Gasteiger partial charge on any atom is -0.388 e. The van der Waals surface area contributed by atoms with E-state index in [0.717, 1.165) is 18.5 Å². The monoisotopic (exact) mass is 194 g/mol. The molecule has 14 heavy (non-hydrogen) atoms. The third-order valence-electron chi connectivity index (χ3n) is 2.91. The molecular weight excluding hydrogens is 176 g/mol. The van der Waals surface area contributed by atoms with Gasteiger partial charge in [-0.3, -0.25) is 0 Å². The van der Waals surface area contributed by atoms with Crippen LogP contribution in [0.3, 0.4) is 0 Å². The van der Waals surface area contributed by atoms with Crippen LogP contribution in [-0.4, -0.2) is 20.3 Å². The van der Waals surface area contributed by atoms with Gasteiger partial charge in [-0.15, -0.1) is 0 Å². The topological polar surface area (TPSA) is 38.0 Å². The summed E-state index contributed by atoms with van der Waals surface area (Å²) in [6.45, 7) is 7.07. The number of hydrogen-bond acceptors (Lipinski definition) is 2. The minimum atomic E-state index is -0.434. The highest BCUT2D eigenvalue weighted by molar-refractivity contribution is 5.16. The predicted octanol–water partition coefficient (Wildman–Crippen LogP) is 1.84. The van der Waals surface area contributed by atoms with Crippen molar-refractivity contribution in [3.05, 3.63) is 17.7 Å². The van der Waals surface area contributed by atoms with Crippen LogP contribution in [-0.2, 0) is 6.54 Å². The lowest BCUT2D eigenvalue weighted by molar-refractivity contribution is 0.128. The SMILES string of the molecule is Cc1ncn(CC2(O)CC2)c1C(C)C. The quantitative estimate of drug-likeness (QED) is 0.797. The second-order valence-electron chi connectivity index (χ2n) is 4.72. The van der Waals surface area contributed by atoms with Gasteiger partial charge >= 0.3 is 0 Å². The van der Waals surface area contributed by atoms with Gasteiger partial charge in [0.25, 0.3) is 0 Å². The van der Waals surface area contributed by atoms with Gasteiger partial charge in [0.1, 0.15) is 0 Å². The minimum absolute atomic E-state index is 0.434. The molecule has 0 radical (unpaired) electrons. The number of aliphatic hydroxyl groups is 1. The van der Waals surface area contributed by atoms with Gasteiger partial charge in [0.05, 0.1) is 24.2 Å². The lowest BCUT2D eigenvalue weighted by atomic mass is 10.1. The summed E-state index contributed by atoms with van der Waals surface area (Å²) in [4.78, 5) is 4.30. The van der Waals surface area contributed by atoms with E-state index >= 15 is 0 Å². The third kappa shape index (κ3) is 1.69. The van der Waals surface area contributed by atoms with E-state index in [1.807, 2.05) is 13.3 Å². The van der Waals surface area contributed by atoms with Crippen molar-refractivity contribution < 1.29 is 5.11 Å². The summed E-state index contributed by atoms with van der Waals surface area (Å²) in [5.74, 6) is 0.472. The molecule has 0 amide bonds. The fourth-order valence-electron chi connectivity index (χ4n) is 1.99. The molecule has 0 saturated heterocycles. The van der Waals surface area contributed by atoms with E-state index in [9.17, 15) is 5.11 Å². The largest absolute Gasteiger partial charge is 0.388 e. The summed E-state index contributed by atoms with van der Waals surface area (Å²) in [7, 11) is 0. The molecule has 3 nitrogen and oxygen atoms in total. The summed E-state index contributed by atoms with van der Waals surface area (Å²) in [6.07, 6.45) is 3.71. The highest BCUT2D eigenvalue weighted by Crippen LogP contribution is 2.37. The summed E-state index contributed by atoms with van der Waals surface area (Å²) in [5.41, 5.74) is 1.91. The van der Waals surface area contributed by atoms with Gasteiger partial charge in [-0.2, -0.15) is 0 Å². The number of rotatable bonds is 3. The molecule has 1 aromatic heterocycles. The average Bonchev–Trinajstić information content (AvgIpc) is 2.67. The smallest absolute Gasteiger partial charge is 0.0952 e. The van der Waals surface area contributed by atoms with Gasteiger partial charge in [0, 0.05) is 5.69 Å². The zero-order valence-corrected chi connectivity index (χ0v) is 9.12. The van der Waals surface area contributed by atoms with Gasteiger partial charge in [-0.05, 0) is 25.7 Å². The van der Waals surface area contributed by atoms with Crippen LogP contribution >= 0.6 is 0 Å². The van der Waals surface area contributed by atoms with E-state index < -0.39 is 5.60 Å². The van der Waals surface area contributed by atoms with Crippen molar-refractivity contribution in [2.24, 2.45) is 0 Å². The maximum atomic E-state index is 9.85. The van der Waals surface area contributed by atoms with E-state index in [1.54, 1.807) is 0 Å². The first-order valence-electron chi connectivity index (χ1n) is 5.26. The average molecular weight is 194 g/mol. The zero-order chi connectivity index (χ0) is 10.3. The molecule has 2 rings (SSSR count). The van der Waals surface area contributed by atoms with E-state index in [4.69, 9.17) is 0 Å². The Labute approximate surface area is 84.8 Å². The van der Waals surface area contributed by atoms with Crippen LogP contribution in [0.15, 0.2) is 6.33 Å². The normalized spacial score (nSPS) is 18.9. The number of hydrogen-bond donors (Lipinski definition) is 1. The summed E-state index contributed by atoms with van der Waals surface area (Å²) < 4.78 is 2.10. The highest BCUT2D eigenvalue weighted by atomic mass is 16.3. The van der Waals surface area contributed by atoms with Gasteiger partial charge < -0.3 is 9.67 Å². The molecule has 1 saturated carbocycles. The van der Waals surface area contributed by atoms with E-state index in [-0.39, 0.29) is 0 Å². The van der Waals surface area contributed by atoms with Crippen LogP contribution in [0.1, 0.15) is 44.0 Å². The fraction of sp³-hybridized carbons (Fsp3) is 0.727. The lowest BCUT2D eigenvalue weighted by Crippen LogP contribution is -2.18. The van der Waals surface area contributed by atoms with E-state index in [1.165, 1.54) is 5.69 Å². The first kappa shape index (κ1) is 9.71. The molecule has 0 aromatic carbocycles. The molecule has 0 aliphatic heterocycles. The Hall–Kier alpha value is -0.830. The Morgan fingerprint density at radius 2 is 2.21 bits per heavy atom. The van der Waals surface area contributed by atoms with Crippen molar-refractivity contribution in [2.45, 2.75) is 51.7 Å². The molecule has 1 aliphatic rings. The van der Waals surface area contributed by atoms with Crippen molar-refractivity contribution in [3.8, 4) is 0 Å². The van der Waals surface area contributed by atoms with Crippen molar-refractivity contribution in [2.75, 3.05) is 0 Å². The Balaban J connectivity index is 2.24. The molecule has 0 unspecified atom stereocenters. The van der Waals surface area contributed by atoms with E-state index in [2.05, 4.69) is 23.4 Å². The predicted molar refractivity (Wildman–Crippen MR) is 55.2 cm³/mol. The van der Waals surface area contributed by atoms with Gasteiger partial charge in [0.15, 0.2) is 0 Å². The standard InChI is InChI=1S/C11H18N2O/c1-8(2)10-9(3)12-7-13(10)6-11(14)4-5-11/h7-8,14H,4-6H2,1-3H3. The summed E-state index contributed by atoms with van der Waals surface area (Å²) >= 11 is 0. The molecule has 1 aromatic rings. The van der Waals surface area contributed by atoms with Crippen LogP contribution in [0.4, 0.5) is 0 Å². The zero-order valence-electron chi connectivity index (χ0n) is 9.12. The first-order chi connectivity index (χ1) is 6.52. The van der Waals surface area contributed by atoms with Crippen LogP contribution in [0.25, 0.3) is 0 Å². The highest BCUT2D eigenvalue weighted by Gasteiger charge is 2.41.